The second-order valence-electron chi connectivity index (χ2n) is 8.21. The van der Waals surface area contributed by atoms with Gasteiger partial charge in [0.25, 0.3) is 0 Å². The van der Waals surface area contributed by atoms with Gasteiger partial charge in [-0.25, -0.2) is 4.98 Å². The van der Waals surface area contributed by atoms with Crippen LogP contribution >= 0.6 is 0 Å². The highest BCUT2D eigenvalue weighted by molar-refractivity contribution is 5.78. The molecule has 0 aromatic carbocycles. The number of fused-ring (bicyclic) bond motifs is 4. The van der Waals surface area contributed by atoms with Crippen molar-refractivity contribution in [2.24, 2.45) is 18.9 Å². The fourth-order valence-corrected chi connectivity index (χ4v) is 5.28. The molecule has 1 N–H and O–H groups in total. The van der Waals surface area contributed by atoms with Gasteiger partial charge >= 0.3 is 0 Å². The zero-order valence-corrected chi connectivity index (χ0v) is 15.7. The molecule has 0 unspecified atom stereocenters. The molecule has 0 radical (unpaired) electrons. The predicted molar refractivity (Wildman–Crippen MR) is 97.0 cm³/mol. The van der Waals surface area contributed by atoms with Crippen LogP contribution in [0.4, 0.5) is 0 Å². The third kappa shape index (κ3) is 3.24. The lowest BCUT2D eigenvalue weighted by molar-refractivity contribution is -0.153. The third-order valence-corrected chi connectivity index (χ3v) is 6.43. The maximum atomic E-state index is 12.7. The fourth-order valence-electron chi connectivity index (χ4n) is 5.28. The first kappa shape index (κ1) is 17.5. The number of hydrogen-bond acceptors (Lipinski definition) is 4. The Hall–Kier alpha value is -1.89. The van der Waals surface area contributed by atoms with Crippen molar-refractivity contribution in [2.75, 3.05) is 19.6 Å². The molecule has 7 nitrogen and oxygen atoms in total. The molecule has 2 amide bonds. The summed E-state index contributed by atoms with van der Waals surface area (Å²) in [6.07, 6.45) is 7.71. The summed E-state index contributed by atoms with van der Waals surface area (Å²) in [4.78, 5) is 33.1. The van der Waals surface area contributed by atoms with Gasteiger partial charge in [0.1, 0.15) is 0 Å². The largest absolute Gasteiger partial charge is 0.354 e. The monoisotopic (exact) mass is 359 g/mol. The number of aromatic nitrogens is 2. The zero-order chi connectivity index (χ0) is 18.3. The molecule has 1 aromatic rings. The van der Waals surface area contributed by atoms with Gasteiger partial charge in [-0.1, -0.05) is 0 Å². The van der Waals surface area contributed by atoms with Crippen molar-refractivity contribution in [1.82, 2.24) is 24.7 Å². The second-order valence-corrected chi connectivity index (χ2v) is 8.21. The van der Waals surface area contributed by atoms with E-state index in [1.165, 1.54) is 12.1 Å². The summed E-state index contributed by atoms with van der Waals surface area (Å²) in [5.41, 5.74) is 1.22. The van der Waals surface area contributed by atoms with E-state index in [0.717, 1.165) is 32.5 Å². The van der Waals surface area contributed by atoms with E-state index in [0.29, 0.717) is 30.8 Å². The molecule has 4 rings (SSSR count). The Morgan fingerprint density at radius 3 is 2.88 bits per heavy atom. The predicted octanol–water partition coefficient (Wildman–Crippen LogP) is 0.758. The van der Waals surface area contributed by atoms with Crippen LogP contribution in [0.5, 0.6) is 0 Å². The molecule has 0 saturated carbocycles. The summed E-state index contributed by atoms with van der Waals surface area (Å²) in [5.74, 6) is 1.23. The fraction of sp³-hybridized carbons (Fsp3) is 0.737. The number of carbonyl (C=O) groups excluding carboxylic acids is 2. The van der Waals surface area contributed by atoms with E-state index in [4.69, 9.17) is 0 Å². The Balaban J connectivity index is 1.55. The number of carbonyl (C=O) groups is 2. The van der Waals surface area contributed by atoms with Gasteiger partial charge in [-0.15, -0.1) is 0 Å². The quantitative estimate of drug-likeness (QED) is 0.862. The number of piperidine rings is 3. The number of amides is 2. The van der Waals surface area contributed by atoms with E-state index in [9.17, 15) is 9.59 Å². The van der Waals surface area contributed by atoms with Crippen LogP contribution in [0.3, 0.4) is 0 Å². The molecular weight excluding hydrogens is 330 g/mol. The van der Waals surface area contributed by atoms with Gasteiger partial charge < -0.3 is 14.8 Å². The van der Waals surface area contributed by atoms with Crippen molar-refractivity contribution < 1.29 is 9.59 Å². The van der Waals surface area contributed by atoms with Crippen molar-refractivity contribution in [2.45, 2.75) is 51.2 Å². The van der Waals surface area contributed by atoms with Crippen LogP contribution < -0.4 is 5.32 Å². The minimum atomic E-state index is -0.0179. The van der Waals surface area contributed by atoms with E-state index in [-0.39, 0.29) is 17.9 Å². The zero-order valence-electron chi connectivity index (χ0n) is 15.7. The van der Waals surface area contributed by atoms with E-state index < -0.39 is 0 Å². The lowest BCUT2D eigenvalue weighted by Gasteiger charge is -2.56. The van der Waals surface area contributed by atoms with Crippen LogP contribution in [0.2, 0.25) is 0 Å². The molecule has 4 heterocycles. The minimum Gasteiger partial charge on any atom is -0.354 e. The molecule has 3 saturated heterocycles. The molecular formula is C19H29N5O2. The van der Waals surface area contributed by atoms with Gasteiger partial charge in [0, 0.05) is 58.8 Å². The molecule has 142 valence electrons. The van der Waals surface area contributed by atoms with Gasteiger partial charge in [0.2, 0.25) is 11.8 Å². The van der Waals surface area contributed by atoms with Crippen LogP contribution in [0.15, 0.2) is 12.5 Å². The summed E-state index contributed by atoms with van der Waals surface area (Å²) in [5, 5.41) is 2.98. The number of rotatable bonds is 4. The summed E-state index contributed by atoms with van der Waals surface area (Å²) in [6.45, 7) is 5.05. The van der Waals surface area contributed by atoms with E-state index in [1.807, 2.05) is 19.6 Å². The number of imidazole rings is 1. The average molecular weight is 359 g/mol. The Morgan fingerprint density at radius 1 is 1.35 bits per heavy atom. The smallest absolute Gasteiger partial charge is 0.223 e. The Morgan fingerprint density at radius 2 is 2.15 bits per heavy atom. The molecule has 3 aliphatic rings. The van der Waals surface area contributed by atoms with Crippen molar-refractivity contribution in [1.29, 1.82) is 0 Å². The lowest BCUT2D eigenvalue weighted by atomic mass is 9.72. The minimum absolute atomic E-state index is 0.0179. The topological polar surface area (TPSA) is 70.5 Å². The number of nitrogens with one attached hydrogen (secondary N) is 1. The molecule has 0 aliphatic carbocycles. The molecule has 1 aromatic heterocycles. The maximum Gasteiger partial charge on any atom is 0.223 e. The standard InChI is InChI=1S/C19H29N5O2/c1-13(25)21-8-18-15-6-14(17-4-3-5-19(26)24(17)18)9-23(10-15)11-16-7-20-12-22(16)2/h7,12,14-15,17-18H,3-6,8-11H2,1-2H3,(H,21,25)/t14-,15+,17+,18+/m1/s1. The molecule has 7 heteroatoms. The van der Waals surface area contributed by atoms with Crippen LogP contribution in [-0.4, -0.2) is 62.9 Å². The van der Waals surface area contributed by atoms with Gasteiger partial charge in [-0.2, -0.15) is 0 Å². The number of nitrogens with zero attached hydrogens (tertiary/aromatic N) is 4. The molecule has 2 bridgehead atoms. The van der Waals surface area contributed by atoms with Crippen molar-refractivity contribution in [3.8, 4) is 0 Å². The van der Waals surface area contributed by atoms with Crippen molar-refractivity contribution >= 4 is 11.8 Å². The van der Waals surface area contributed by atoms with E-state index in [2.05, 4.69) is 24.7 Å². The van der Waals surface area contributed by atoms with Gasteiger partial charge in [-0.3, -0.25) is 14.5 Å². The first-order valence-electron chi connectivity index (χ1n) is 9.76. The van der Waals surface area contributed by atoms with Crippen molar-refractivity contribution in [3.63, 3.8) is 0 Å². The first-order valence-corrected chi connectivity index (χ1v) is 9.76. The van der Waals surface area contributed by atoms with Gasteiger partial charge in [-0.05, 0) is 31.1 Å². The number of hydrogen-bond donors (Lipinski definition) is 1. The molecule has 0 spiro atoms. The van der Waals surface area contributed by atoms with Gasteiger partial charge in [0.05, 0.1) is 18.1 Å². The highest BCUT2D eigenvalue weighted by Gasteiger charge is 2.49. The number of likely N-dealkylation sites (tertiary alicyclic amines) is 1. The second kappa shape index (κ2) is 7.02. The molecule has 3 fully saturated rings. The van der Waals surface area contributed by atoms with Crippen molar-refractivity contribution in [3.05, 3.63) is 18.2 Å². The number of aryl methyl sites for hydroxylation is 1. The summed E-state index contributed by atoms with van der Waals surface area (Å²) >= 11 is 0. The van der Waals surface area contributed by atoms with Crippen LogP contribution in [0.25, 0.3) is 0 Å². The molecule has 3 aliphatic heterocycles. The summed E-state index contributed by atoms with van der Waals surface area (Å²) in [6, 6.07) is 0.461. The Bertz CT molecular complexity index is 687. The molecule has 4 atom stereocenters. The third-order valence-electron chi connectivity index (χ3n) is 6.43. The molecule has 26 heavy (non-hydrogen) atoms. The van der Waals surface area contributed by atoms with Crippen LogP contribution in [0, 0.1) is 11.8 Å². The highest BCUT2D eigenvalue weighted by Crippen LogP contribution is 2.41. The summed E-state index contributed by atoms with van der Waals surface area (Å²) in [7, 11) is 2.04. The SMILES string of the molecule is CC(=O)NC[C@H]1[C@H]2C[C@H](CN(Cc3cncn3C)C2)[C@@H]2CCCC(=O)N21. The average Bonchev–Trinajstić information content (AvgIpc) is 3.00. The lowest BCUT2D eigenvalue weighted by Crippen LogP contribution is -2.66. The van der Waals surface area contributed by atoms with E-state index in [1.54, 1.807) is 6.92 Å². The maximum absolute atomic E-state index is 12.7. The van der Waals surface area contributed by atoms with Crippen LogP contribution in [-0.2, 0) is 23.2 Å². The normalized spacial score (nSPS) is 31.6. The Kier molecular flexibility index (Phi) is 4.73. The van der Waals surface area contributed by atoms with Crippen LogP contribution in [0.1, 0.15) is 38.3 Å². The van der Waals surface area contributed by atoms with E-state index >= 15 is 0 Å². The first-order chi connectivity index (χ1) is 12.5. The highest BCUT2D eigenvalue weighted by atomic mass is 16.2. The van der Waals surface area contributed by atoms with Gasteiger partial charge in [0.15, 0.2) is 0 Å². The Labute approximate surface area is 154 Å². The summed E-state index contributed by atoms with van der Waals surface area (Å²) < 4.78 is 2.08.